The van der Waals surface area contributed by atoms with Crippen molar-refractivity contribution in [3.63, 3.8) is 0 Å². The van der Waals surface area contributed by atoms with Gasteiger partial charge in [-0.05, 0) is 37.1 Å². The maximum absolute atomic E-state index is 14.0. The van der Waals surface area contributed by atoms with Crippen LogP contribution in [0.4, 0.5) is 4.39 Å². The Kier molecular flexibility index (Phi) is 7.33. The molecular formula is C25H30FN3O4S. The number of methoxy groups -OCH3 is 1. The molecule has 34 heavy (non-hydrogen) atoms. The van der Waals surface area contributed by atoms with E-state index in [1.54, 1.807) is 4.90 Å². The molecule has 2 aliphatic heterocycles. The number of aromatic nitrogens is 1. The lowest BCUT2D eigenvalue weighted by Gasteiger charge is -2.47. The molecule has 1 aromatic carbocycles. The van der Waals surface area contributed by atoms with E-state index in [0.717, 1.165) is 5.01 Å². The number of halogens is 1. The van der Waals surface area contributed by atoms with Gasteiger partial charge in [-0.3, -0.25) is 9.59 Å². The molecule has 2 aliphatic rings. The second-order valence-corrected chi connectivity index (χ2v) is 9.94. The van der Waals surface area contributed by atoms with Crippen LogP contribution in [0.2, 0.25) is 0 Å². The van der Waals surface area contributed by atoms with E-state index in [1.807, 2.05) is 10.3 Å². The highest BCUT2D eigenvalue weighted by atomic mass is 32.1. The van der Waals surface area contributed by atoms with Gasteiger partial charge in [-0.2, -0.15) is 0 Å². The van der Waals surface area contributed by atoms with Crippen LogP contribution in [0.15, 0.2) is 29.8 Å². The van der Waals surface area contributed by atoms with Gasteiger partial charge in [0.25, 0.3) is 11.8 Å². The van der Waals surface area contributed by atoms with E-state index in [1.165, 1.54) is 49.0 Å². The predicted molar refractivity (Wildman–Crippen MR) is 128 cm³/mol. The molecule has 2 fully saturated rings. The molecule has 1 spiro atoms. The minimum absolute atomic E-state index is 0.0627. The monoisotopic (exact) mass is 487 g/mol. The highest BCUT2D eigenvalue weighted by Crippen LogP contribution is 2.32. The van der Waals surface area contributed by atoms with Gasteiger partial charge >= 0.3 is 0 Å². The van der Waals surface area contributed by atoms with Crippen molar-refractivity contribution >= 4 is 29.2 Å². The number of benzene rings is 1. The fourth-order valence-corrected chi connectivity index (χ4v) is 5.19. The molecule has 0 atom stereocenters. The standard InChI is InChI=1S/C25H30FN3O4S/c1-17(2)22-27-21(15-34-22)24(31)29-11-13-33-25(16-29)7-9-28(10-8-25)23(30)19-4-5-20(26)18(14-19)6-12-32-3/h4-6,12,14-15,17H,7-11,13,16H2,1-3H3. The Morgan fingerprint density at radius 1 is 1.21 bits per heavy atom. The average molecular weight is 488 g/mol. The number of thiazole rings is 1. The Bertz CT molecular complexity index is 1080. The van der Waals surface area contributed by atoms with Crippen molar-refractivity contribution in [1.82, 2.24) is 14.8 Å². The van der Waals surface area contributed by atoms with Gasteiger partial charge in [0.05, 0.1) is 37.1 Å². The van der Waals surface area contributed by atoms with Crippen molar-refractivity contribution in [2.75, 3.05) is 39.9 Å². The Labute approximate surface area is 203 Å². The highest BCUT2D eigenvalue weighted by molar-refractivity contribution is 7.09. The van der Waals surface area contributed by atoms with Gasteiger partial charge in [0.1, 0.15) is 11.5 Å². The van der Waals surface area contributed by atoms with Gasteiger partial charge in [0.2, 0.25) is 0 Å². The maximum atomic E-state index is 14.0. The first kappa shape index (κ1) is 24.3. The van der Waals surface area contributed by atoms with Crippen LogP contribution in [-0.2, 0) is 9.47 Å². The molecular weight excluding hydrogens is 457 g/mol. The molecule has 7 nitrogen and oxygen atoms in total. The summed E-state index contributed by atoms with van der Waals surface area (Å²) in [6.45, 7) is 6.64. The number of ether oxygens (including phenoxy) is 2. The lowest BCUT2D eigenvalue weighted by atomic mass is 9.89. The zero-order valence-electron chi connectivity index (χ0n) is 19.8. The summed E-state index contributed by atoms with van der Waals surface area (Å²) in [6, 6.07) is 4.34. The summed E-state index contributed by atoms with van der Waals surface area (Å²) in [4.78, 5) is 34.2. The summed E-state index contributed by atoms with van der Waals surface area (Å²) >= 11 is 1.52. The summed E-state index contributed by atoms with van der Waals surface area (Å²) in [5.74, 6) is -0.331. The van der Waals surface area contributed by atoms with Gasteiger partial charge in [0, 0.05) is 42.1 Å². The van der Waals surface area contributed by atoms with E-state index in [-0.39, 0.29) is 17.7 Å². The van der Waals surface area contributed by atoms with Crippen LogP contribution in [0.5, 0.6) is 0 Å². The SMILES string of the molecule is COC=Cc1cc(C(=O)N2CCC3(CC2)CN(C(=O)c2csc(C(C)C)n2)CCO3)ccc1F. The number of carbonyl (C=O) groups is 2. The van der Waals surface area contributed by atoms with Crippen molar-refractivity contribution < 1.29 is 23.5 Å². The zero-order valence-corrected chi connectivity index (χ0v) is 20.6. The van der Waals surface area contributed by atoms with Crippen molar-refractivity contribution in [2.45, 2.75) is 38.2 Å². The third-order valence-electron chi connectivity index (χ3n) is 6.36. The first-order chi connectivity index (χ1) is 16.3. The van der Waals surface area contributed by atoms with Gasteiger partial charge in [-0.25, -0.2) is 9.37 Å². The second-order valence-electron chi connectivity index (χ2n) is 9.05. The Morgan fingerprint density at radius 3 is 2.65 bits per heavy atom. The molecule has 0 aliphatic carbocycles. The smallest absolute Gasteiger partial charge is 0.273 e. The highest BCUT2D eigenvalue weighted by Gasteiger charge is 2.42. The van der Waals surface area contributed by atoms with Crippen LogP contribution in [-0.4, -0.2) is 72.1 Å². The predicted octanol–water partition coefficient (Wildman–Crippen LogP) is 4.17. The van der Waals surface area contributed by atoms with Gasteiger partial charge < -0.3 is 19.3 Å². The molecule has 9 heteroatoms. The number of nitrogens with zero attached hydrogens (tertiary/aromatic N) is 3. The van der Waals surface area contributed by atoms with Crippen molar-refractivity contribution in [2.24, 2.45) is 0 Å². The quantitative estimate of drug-likeness (QED) is 0.592. The normalized spacial score (nSPS) is 18.1. The van der Waals surface area contributed by atoms with E-state index in [9.17, 15) is 14.0 Å². The topological polar surface area (TPSA) is 72.0 Å². The first-order valence-electron chi connectivity index (χ1n) is 11.5. The van der Waals surface area contributed by atoms with E-state index in [2.05, 4.69) is 18.8 Å². The number of amides is 2. The number of rotatable bonds is 5. The van der Waals surface area contributed by atoms with Crippen LogP contribution in [0.1, 0.15) is 64.0 Å². The van der Waals surface area contributed by atoms with Crippen LogP contribution < -0.4 is 0 Å². The van der Waals surface area contributed by atoms with Crippen molar-refractivity contribution in [3.05, 3.63) is 57.5 Å². The summed E-state index contributed by atoms with van der Waals surface area (Å²) < 4.78 is 25.0. The summed E-state index contributed by atoms with van der Waals surface area (Å²) in [5, 5.41) is 2.79. The lowest BCUT2D eigenvalue weighted by Crippen LogP contribution is -2.58. The number of piperidine rings is 1. The molecule has 1 aromatic heterocycles. The maximum Gasteiger partial charge on any atom is 0.273 e. The molecule has 3 heterocycles. The molecule has 2 saturated heterocycles. The van der Waals surface area contributed by atoms with E-state index < -0.39 is 11.4 Å². The summed E-state index contributed by atoms with van der Waals surface area (Å²) in [7, 11) is 1.48. The molecule has 0 saturated carbocycles. The third kappa shape index (κ3) is 5.15. The molecule has 0 bridgehead atoms. The molecule has 0 unspecified atom stereocenters. The Morgan fingerprint density at radius 2 is 1.97 bits per heavy atom. The third-order valence-corrected chi connectivity index (χ3v) is 7.50. The number of hydrogen-bond acceptors (Lipinski definition) is 6. The fraction of sp³-hybridized carbons (Fsp3) is 0.480. The number of hydrogen-bond donors (Lipinski definition) is 0. The number of morpholine rings is 1. The minimum Gasteiger partial charge on any atom is -0.504 e. The van der Waals surface area contributed by atoms with Crippen LogP contribution >= 0.6 is 11.3 Å². The largest absolute Gasteiger partial charge is 0.504 e. The van der Waals surface area contributed by atoms with Gasteiger partial charge in [-0.1, -0.05) is 13.8 Å². The summed E-state index contributed by atoms with van der Waals surface area (Å²) in [6.07, 6.45) is 4.13. The van der Waals surface area contributed by atoms with Crippen molar-refractivity contribution in [3.8, 4) is 0 Å². The van der Waals surface area contributed by atoms with E-state index >= 15 is 0 Å². The molecule has 0 N–H and O–H groups in total. The Balaban J connectivity index is 1.40. The Hall–Kier alpha value is -2.78. The molecule has 4 rings (SSSR count). The first-order valence-corrected chi connectivity index (χ1v) is 12.4. The molecule has 2 amide bonds. The second kappa shape index (κ2) is 10.2. The van der Waals surface area contributed by atoms with Crippen LogP contribution in [0.25, 0.3) is 6.08 Å². The van der Waals surface area contributed by atoms with E-state index in [0.29, 0.717) is 62.4 Å². The van der Waals surface area contributed by atoms with Crippen LogP contribution in [0.3, 0.4) is 0 Å². The molecule has 2 aromatic rings. The number of carbonyl (C=O) groups excluding carboxylic acids is 2. The molecule has 182 valence electrons. The van der Waals surface area contributed by atoms with Gasteiger partial charge in [-0.15, -0.1) is 11.3 Å². The number of likely N-dealkylation sites (tertiary alicyclic amines) is 1. The molecule has 0 radical (unpaired) electrons. The van der Waals surface area contributed by atoms with Crippen LogP contribution in [0, 0.1) is 5.82 Å². The summed E-state index contributed by atoms with van der Waals surface area (Å²) in [5.41, 5.74) is 0.761. The minimum atomic E-state index is -0.462. The fourth-order valence-electron chi connectivity index (χ4n) is 4.38. The zero-order chi connectivity index (χ0) is 24.3. The van der Waals surface area contributed by atoms with E-state index in [4.69, 9.17) is 9.47 Å². The average Bonchev–Trinajstić information content (AvgIpc) is 3.34. The van der Waals surface area contributed by atoms with Gasteiger partial charge in [0.15, 0.2) is 0 Å². The lowest BCUT2D eigenvalue weighted by molar-refractivity contribution is -0.123. The van der Waals surface area contributed by atoms with Crippen molar-refractivity contribution in [1.29, 1.82) is 0 Å².